The van der Waals surface area contributed by atoms with Crippen molar-refractivity contribution >= 4 is 34.2 Å². The number of fused-ring (bicyclic) bond motifs is 1. The van der Waals surface area contributed by atoms with E-state index in [0.29, 0.717) is 0 Å². The lowest BCUT2D eigenvalue weighted by Crippen LogP contribution is -1.63. The van der Waals surface area contributed by atoms with Crippen molar-refractivity contribution in [3.63, 3.8) is 0 Å². The average Bonchev–Trinajstić information content (AvgIpc) is 2.71. The van der Waals surface area contributed by atoms with E-state index in [2.05, 4.69) is 36.7 Å². The Morgan fingerprint density at radius 3 is 2.18 bits per heavy atom. The van der Waals surface area contributed by atoms with Gasteiger partial charge in [-0.1, -0.05) is 48.0 Å². The van der Waals surface area contributed by atoms with Gasteiger partial charge in [0, 0.05) is 0 Å². The summed E-state index contributed by atoms with van der Waals surface area (Å²) in [7, 11) is 0. The molecule has 0 amide bonds. The zero-order chi connectivity index (χ0) is 12.1. The van der Waals surface area contributed by atoms with Crippen molar-refractivity contribution in [1.29, 1.82) is 0 Å². The molecular weight excluding hydrogens is 246 g/mol. The van der Waals surface area contributed by atoms with Crippen molar-refractivity contribution in [2.24, 2.45) is 0 Å². The number of rotatable bonds is 0. The van der Waals surface area contributed by atoms with Crippen LogP contribution in [0.2, 0.25) is 0 Å². The van der Waals surface area contributed by atoms with Gasteiger partial charge in [-0.3, -0.25) is 0 Å². The summed E-state index contributed by atoms with van der Waals surface area (Å²) >= 11 is 5.76. The Kier molecular flexibility index (Phi) is 4.18. The standard InChI is InChI=1S/C7H5NS2.C7H8/c9-7-8-5-3-1-2-4-6(5)10-7;1-7-5-3-2-4-6-7/h1-4H,(H,8,9);2-6H,1H3. The van der Waals surface area contributed by atoms with Crippen molar-refractivity contribution in [2.45, 2.75) is 11.3 Å². The van der Waals surface area contributed by atoms with Crippen LogP contribution in [0.3, 0.4) is 0 Å². The van der Waals surface area contributed by atoms with Crippen molar-refractivity contribution in [1.82, 2.24) is 4.98 Å². The number of nitrogens with zero attached hydrogens (tertiary/aromatic N) is 1. The molecule has 1 nitrogen and oxygen atoms in total. The predicted octanol–water partition coefficient (Wildman–Crippen LogP) is 4.58. The number of thiol groups is 1. The third kappa shape index (κ3) is 3.58. The van der Waals surface area contributed by atoms with Crippen LogP contribution >= 0.6 is 24.0 Å². The molecule has 86 valence electrons. The van der Waals surface area contributed by atoms with Gasteiger partial charge in [0.05, 0.1) is 10.2 Å². The fourth-order valence-electron chi connectivity index (χ4n) is 1.39. The van der Waals surface area contributed by atoms with Gasteiger partial charge in [0.15, 0.2) is 0 Å². The van der Waals surface area contributed by atoms with Crippen molar-refractivity contribution in [2.75, 3.05) is 0 Å². The molecule has 0 aliphatic heterocycles. The van der Waals surface area contributed by atoms with E-state index >= 15 is 0 Å². The summed E-state index contributed by atoms with van der Waals surface area (Å²) in [6, 6.07) is 18.3. The van der Waals surface area contributed by atoms with Gasteiger partial charge in [-0.15, -0.1) is 24.0 Å². The molecule has 0 radical (unpaired) electrons. The van der Waals surface area contributed by atoms with E-state index in [4.69, 9.17) is 0 Å². The first-order valence-corrected chi connectivity index (χ1v) is 6.58. The van der Waals surface area contributed by atoms with Gasteiger partial charge in [0.2, 0.25) is 0 Å². The highest BCUT2D eigenvalue weighted by atomic mass is 32.2. The highest BCUT2D eigenvalue weighted by Gasteiger charge is 1.96. The summed E-state index contributed by atoms with van der Waals surface area (Å²) in [4.78, 5) is 4.20. The van der Waals surface area contributed by atoms with E-state index in [-0.39, 0.29) is 0 Å². The van der Waals surface area contributed by atoms with Crippen LogP contribution < -0.4 is 0 Å². The van der Waals surface area contributed by atoms with Crippen LogP contribution in [0.1, 0.15) is 5.56 Å². The lowest BCUT2D eigenvalue weighted by molar-refractivity contribution is 1.31. The largest absolute Gasteiger partial charge is 0.230 e. The van der Waals surface area contributed by atoms with E-state index in [1.165, 1.54) is 10.3 Å². The molecule has 3 heteroatoms. The normalized spacial score (nSPS) is 9.76. The summed E-state index contributed by atoms with van der Waals surface area (Å²) in [6.45, 7) is 2.08. The third-order valence-corrected chi connectivity index (χ3v) is 3.44. The molecule has 0 N–H and O–H groups in total. The van der Waals surface area contributed by atoms with Crippen LogP contribution in [0, 0.1) is 6.92 Å². The smallest absolute Gasteiger partial charge is 0.148 e. The van der Waals surface area contributed by atoms with Gasteiger partial charge >= 0.3 is 0 Å². The van der Waals surface area contributed by atoms with Crippen LogP contribution in [0.5, 0.6) is 0 Å². The molecule has 1 heterocycles. The van der Waals surface area contributed by atoms with E-state index < -0.39 is 0 Å². The third-order valence-electron chi connectivity index (χ3n) is 2.22. The maximum atomic E-state index is 4.20. The molecule has 0 aliphatic rings. The first-order valence-electron chi connectivity index (χ1n) is 5.32. The second-order valence-electron chi connectivity index (χ2n) is 3.62. The lowest BCUT2D eigenvalue weighted by Gasteiger charge is -1.82. The summed E-state index contributed by atoms with van der Waals surface area (Å²) < 4.78 is 2.04. The van der Waals surface area contributed by atoms with Gasteiger partial charge in [-0.2, -0.15) is 0 Å². The fraction of sp³-hybridized carbons (Fsp3) is 0.0714. The molecule has 0 saturated heterocycles. The number of benzene rings is 2. The Balaban J connectivity index is 0.000000136. The molecule has 0 saturated carbocycles. The van der Waals surface area contributed by atoms with Crippen LogP contribution in [-0.2, 0) is 0 Å². The number of aromatic nitrogens is 1. The summed E-state index contributed by atoms with van der Waals surface area (Å²) in [6.07, 6.45) is 0. The first kappa shape index (κ1) is 12.1. The van der Waals surface area contributed by atoms with E-state index in [9.17, 15) is 0 Å². The Hall–Kier alpha value is -1.32. The van der Waals surface area contributed by atoms with Crippen LogP contribution in [-0.4, -0.2) is 4.98 Å². The highest BCUT2D eigenvalue weighted by molar-refractivity contribution is 7.82. The molecule has 0 spiro atoms. The zero-order valence-corrected chi connectivity index (χ0v) is 11.2. The van der Waals surface area contributed by atoms with Crippen LogP contribution in [0.4, 0.5) is 0 Å². The van der Waals surface area contributed by atoms with Crippen molar-refractivity contribution < 1.29 is 0 Å². The van der Waals surface area contributed by atoms with Crippen LogP contribution in [0.25, 0.3) is 10.2 Å². The van der Waals surface area contributed by atoms with E-state index in [1.807, 2.05) is 42.5 Å². The minimum atomic E-state index is 0.834. The van der Waals surface area contributed by atoms with Gasteiger partial charge in [0.1, 0.15) is 4.34 Å². The van der Waals surface area contributed by atoms with Gasteiger partial charge < -0.3 is 0 Å². The molecule has 2 aromatic carbocycles. The fourth-order valence-corrected chi connectivity index (χ4v) is 2.50. The second-order valence-corrected chi connectivity index (χ2v) is 5.38. The molecule has 0 bridgehead atoms. The van der Waals surface area contributed by atoms with Gasteiger partial charge in [0.25, 0.3) is 0 Å². The minimum absolute atomic E-state index is 0.834. The minimum Gasteiger partial charge on any atom is -0.230 e. The Labute approximate surface area is 111 Å². The molecule has 0 atom stereocenters. The van der Waals surface area contributed by atoms with Crippen molar-refractivity contribution in [3.8, 4) is 0 Å². The predicted molar refractivity (Wildman–Crippen MR) is 78.1 cm³/mol. The molecule has 0 aliphatic carbocycles. The maximum Gasteiger partial charge on any atom is 0.148 e. The Morgan fingerprint density at radius 2 is 1.59 bits per heavy atom. The summed E-state index contributed by atoms with van der Waals surface area (Å²) in [5, 5.41) is 0. The topological polar surface area (TPSA) is 12.9 Å². The van der Waals surface area contributed by atoms with E-state index in [1.54, 1.807) is 11.3 Å². The SMILES string of the molecule is Cc1ccccc1.Sc1nc2ccccc2s1. The first-order chi connectivity index (χ1) is 8.25. The molecular formula is C14H13NS2. The van der Waals surface area contributed by atoms with E-state index in [0.717, 1.165) is 9.86 Å². The Bertz CT molecular complexity index is 554. The maximum absolute atomic E-state index is 4.20. The lowest BCUT2D eigenvalue weighted by atomic mass is 10.2. The highest BCUT2D eigenvalue weighted by Crippen LogP contribution is 2.23. The molecule has 17 heavy (non-hydrogen) atoms. The Morgan fingerprint density at radius 1 is 0.941 bits per heavy atom. The summed E-state index contributed by atoms with van der Waals surface area (Å²) in [5.41, 5.74) is 2.36. The number of aryl methyl sites for hydroxylation is 1. The molecule has 3 aromatic rings. The number of hydrogen-bond acceptors (Lipinski definition) is 3. The molecule has 3 rings (SSSR count). The second kappa shape index (κ2) is 5.84. The molecule has 1 aromatic heterocycles. The van der Waals surface area contributed by atoms with Gasteiger partial charge in [-0.05, 0) is 19.1 Å². The molecule has 0 unspecified atom stereocenters. The molecule has 0 fully saturated rings. The number of para-hydroxylation sites is 1. The van der Waals surface area contributed by atoms with Crippen molar-refractivity contribution in [3.05, 3.63) is 60.2 Å². The number of hydrogen-bond donors (Lipinski definition) is 1. The zero-order valence-electron chi connectivity index (χ0n) is 9.50. The summed E-state index contributed by atoms with van der Waals surface area (Å²) in [5.74, 6) is 0. The quantitative estimate of drug-likeness (QED) is 0.583. The van der Waals surface area contributed by atoms with Gasteiger partial charge in [-0.25, -0.2) is 4.98 Å². The number of thiazole rings is 1. The van der Waals surface area contributed by atoms with Crippen LogP contribution in [0.15, 0.2) is 58.9 Å². The monoisotopic (exact) mass is 259 g/mol. The average molecular weight is 259 g/mol.